The number of ketones is 1. The summed E-state index contributed by atoms with van der Waals surface area (Å²) in [6.07, 6.45) is 0.611. The lowest BCUT2D eigenvalue weighted by molar-refractivity contribution is -0.118. The van der Waals surface area contributed by atoms with Crippen LogP contribution in [0.4, 0.5) is 10.5 Å². The number of nitrogens with two attached hydrogens (primary N) is 1. The highest BCUT2D eigenvalue weighted by atomic mass is 35.5. The van der Waals surface area contributed by atoms with Gasteiger partial charge in [0.1, 0.15) is 5.60 Å². The molecule has 1 aliphatic heterocycles. The van der Waals surface area contributed by atoms with Crippen LogP contribution in [0.15, 0.2) is 78.9 Å². The van der Waals surface area contributed by atoms with Crippen molar-refractivity contribution in [1.82, 2.24) is 4.90 Å². The molecule has 1 fully saturated rings. The molecule has 1 aliphatic rings. The zero-order valence-corrected chi connectivity index (χ0v) is 24.6. The van der Waals surface area contributed by atoms with Gasteiger partial charge in [0.15, 0.2) is 5.78 Å². The molecule has 2 N–H and O–H groups in total. The van der Waals surface area contributed by atoms with Crippen molar-refractivity contribution in [1.29, 1.82) is 0 Å². The van der Waals surface area contributed by atoms with Crippen LogP contribution in [-0.2, 0) is 22.5 Å². The van der Waals surface area contributed by atoms with E-state index in [2.05, 4.69) is 35.2 Å². The zero-order chi connectivity index (χ0) is 28.9. The van der Waals surface area contributed by atoms with E-state index in [4.69, 9.17) is 22.1 Å². The summed E-state index contributed by atoms with van der Waals surface area (Å²) in [6, 6.07) is 25.6. The SMILES string of the molecule is CC(=O)C(N)c1cccc(CN(CC2CN(C(=O)OC(C)(C)C)CC2Cc2ccccc2)c2ccc(Cl)cc2)c1. The van der Waals surface area contributed by atoms with Crippen LogP contribution in [0.2, 0.25) is 5.02 Å². The number of likely N-dealkylation sites (tertiary alicyclic amines) is 1. The summed E-state index contributed by atoms with van der Waals surface area (Å²) in [5, 5.41) is 0.678. The lowest BCUT2D eigenvalue weighted by atomic mass is 9.89. The van der Waals surface area contributed by atoms with Crippen LogP contribution in [0.3, 0.4) is 0 Å². The van der Waals surface area contributed by atoms with E-state index in [1.54, 1.807) is 0 Å². The van der Waals surface area contributed by atoms with Crippen LogP contribution in [-0.4, -0.2) is 42.0 Å². The van der Waals surface area contributed by atoms with E-state index in [-0.39, 0.29) is 23.7 Å². The number of nitrogens with zero attached hydrogens (tertiary/aromatic N) is 2. The Bertz CT molecular complexity index is 1290. The molecular weight excluding hydrogens is 522 g/mol. The summed E-state index contributed by atoms with van der Waals surface area (Å²) in [6.45, 7) is 9.83. The second-order valence-electron chi connectivity index (χ2n) is 11.8. The molecule has 4 rings (SSSR count). The fourth-order valence-corrected chi connectivity index (χ4v) is 5.43. The second-order valence-corrected chi connectivity index (χ2v) is 12.2. The van der Waals surface area contributed by atoms with Crippen molar-refractivity contribution in [2.45, 2.75) is 52.3 Å². The Morgan fingerprint density at radius 3 is 2.27 bits per heavy atom. The molecule has 3 aromatic carbocycles. The minimum atomic E-state index is -0.642. The van der Waals surface area contributed by atoms with Gasteiger partial charge in [-0.25, -0.2) is 4.79 Å². The second kappa shape index (κ2) is 12.9. The molecule has 0 saturated carbocycles. The molecule has 0 radical (unpaired) electrons. The largest absolute Gasteiger partial charge is 0.444 e. The standard InChI is InChI=1S/C33H40ClN3O3/c1-23(38)31(35)26-12-8-11-25(18-26)19-36(30-15-13-29(34)14-16-30)21-28-22-37(32(39)40-33(2,3)4)20-27(28)17-24-9-6-5-7-10-24/h5-16,18,27-28,31H,17,19-22,35H2,1-4H3. The summed E-state index contributed by atoms with van der Waals surface area (Å²) in [5.74, 6) is 0.414. The van der Waals surface area contributed by atoms with Crippen molar-refractivity contribution in [2.24, 2.45) is 17.6 Å². The van der Waals surface area contributed by atoms with E-state index < -0.39 is 11.6 Å². The van der Waals surface area contributed by atoms with Gasteiger partial charge in [0.2, 0.25) is 0 Å². The number of benzene rings is 3. The van der Waals surface area contributed by atoms with E-state index >= 15 is 0 Å². The summed E-state index contributed by atoms with van der Waals surface area (Å²) in [5.41, 5.74) is 9.76. The number of rotatable bonds is 9. The lowest BCUT2D eigenvalue weighted by Crippen LogP contribution is -2.36. The topological polar surface area (TPSA) is 75.9 Å². The summed E-state index contributed by atoms with van der Waals surface area (Å²) < 4.78 is 5.74. The Labute approximate surface area is 243 Å². The molecule has 1 heterocycles. The van der Waals surface area contributed by atoms with Crippen LogP contribution in [0.1, 0.15) is 50.4 Å². The van der Waals surface area contributed by atoms with E-state index in [1.165, 1.54) is 12.5 Å². The maximum absolute atomic E-state index is 13.1. The normalized spacial score (nSPS) is 17.9. The van der Waals surface area contributed by atoms with Crippen molar-refractivity contribution in [3.63, 3.8) is 0 Å². The third-order valence-electron chi connectivity index (χ3n) is 7.34. The Hall–Kier alpha value is -3.35. The maximum atomic E-state index is 13.1. The number of carbonyl (C=O) groups is 2. The first-order valence-electron chi connectivity index (χ1n) is 13.9. The number of Topliss-reactive ketones (excluding diaryl/α,β-unsaturated/α-hetero) is 1. The molecule has 0 aliphatic carbocycles. The first-order chi connectivity index (χ1) is 19.0. The first kappa shape index (κ1) is 29.6. The van der Waals surface area contributed by atoms with E-state index in [9.17, 15) is 9.59 Å². The van der Waals surface area contributed by atoms with Crippen LogP contribution in [0.5, 0.6) is 0 Å². The molecule has 1 amide bonds. The number of halogens is 1. The van der Waals surface area contributed by atoms with Gasteiger partial charge in [-0.2, -0.15) is 0 Å². The Kier molecular flexibility index (Phi) is 9.54. The van der Waals surface area contributed by atoms with Gasteiger partial charge in [0, 0.05) is 36.9 Å². The molecule has 0 aromatic heterocycles. The minimum Gasteiger partial charge on any atom is -0.444 e. The van der Waals surface area contributed by atoms with E-state index in [0.29, 0.717) is 24.7 Å². The number of anilines is 1. The van der Waals surface area contributed by atoms with Crippen molar-refractivity contribution in [2.75, 3.05) is 24.5 Å². The molecule has 6 nitrogen and oxygen atoms in total. The van der Waals surface area contributed by atoms with Gasteiger partial charge in [-0.3, -0.25) is 4.79 Å². The van der Waals surface area contributed by atoms with Crippen molar-refractivity contribution >= 4 is 29.2 Å². The molecule has 1 saturated heterocycles. The van der Waals surface area contributed by atoms with Crippen LogP contribution < -0.4 is 10.6 Å². The van der Waals surface area contributed by atoms with Gasteiger partial charge in [-0.05, 0) is 86.9 Å². The summed E-state index contributed by atoms with van der Waals surface area (Å²) in [7, 11) is 0. The molecule has 212 valence electrons. The fraction of sp³-hybridized carbons (Fsp3) is 0.394. The van der Waals surface area contributed by atoms with Gasteiger partial charge < -0.3 is 20.3 Å². The Balaban J connectivity index is 1.61. The van der Waals surface area contributed by atoms with Crippen LogP contribution in [0, 0.1) is 11.8 Å². The van der Waals surface area contributed by atoms with Crippen molar-refractivity contribution in [3.05, 3.63) is 101 Å². The number of hydrogen-bond donors (Lipinski definition) is 1. The number of hydrogen-bond acceptors (Lipinski definition) is 5. The zero-order valence-electron chi connectivity index (χ0n) is 23.8. The Morgan fingerprint density at radius 2 is 1.62 bits per heavy atom. The highest BCUT2D eigenvalue weighted by molar-refractivity contribution is 6.30. The van der Waals surface area contributed by atoms with Crippen LogP contribution in [0.25, 0.3) is 0 Å². The molecular formula is C33H40ClN3O3. The average molecular weight is 562 g/mol. The van der Waals surface area contributed by atoms with Crippen LogP contribution >= 0.6 is 11.6 Å². The highest BCUT2D eigenvalue weighted by Gasteiger charge is 2.38. The van der Waals surface area contributed by atoms with Crippen molar-refractivity contribution < 1.29 is 14.3 Å². The minimum absolute atomic E-state index is 0.0661. The number of amides is 1. The average Bonchev–Trinajstić information content (AvgIpc) is 3.30. The molecule has 3 aromatic rings. The summed E-state index contributed by atoms with van der Waals surface area (Å²) in [4.78, 5) is 29.2. The predicted octanol–water partition coefficient (Wildman–Crippen LogP) is 6.66. The molecule has 3 atom stereocenters. The molecule has 7 heteroatoms. The monoisotopic (exact) mass is 561 g/mol. The Morgan fingerprint density at radius 1 is 0.975 bits per heavy atom. The number of carbonyl (C=O) groups excluding carboxylic acids is 2. The molecule has 3 unspecified atom stereocenters. The lowest BCUT2D eigenvalue weighted by Gasteiger charge is -2.30. The maximum Gasteiger partial charge on any atom is 0.410 e. The summed E-state index contributed by atoms with van der Waals surface area (Å²) >= 11 is 6.23. The third kappa shape index (κ3) is 8.09. The van der Waals surface area contributed by atoms with Gasteiger partial charge in [-0.15, -0.1) is 0 Å². The molecule has 40 heavy (non-hydrogen) atoms. The van der Waals surface area contributed by atoms with Gasteiger partial charge >= 0.3 is 6.09 Å². The van der Waals surface area contributed by atoms with Gasteiger partial charge in [0.25, 0.3) is 0 Å². The highest BCUT2D eigenvalue weighted by Crippen LogP contribution is 2.32. The van der Waals surface area contributed by atoms with E-state index in [1.807, 2.05) is 74.2 Å². The van der Waals surface area contributed by atoms with E-state index in [0.717, 1.165) is 29.8 Å². The number of ether oxygens (including phenoxy) is 1. The molecule has 0 spiro atoms. The molecule has 0 bridgehead atoms. The fourth-order valence-electron chi connectivity index (χ4n) is 5.31. The smallest absolute Gasteiger partial charge is 0.410 e. The van der Waals surface area contributed by atoms with Crippen molar-refractivity contribution in [3.8, 4) is 0 Å². The van der Waals surface area contributed by atoms with Gasteiger partial charge in [0.05, 0.1) is 6.04 Å². The quantitative estimate of drug-likeness (QED) is 0.316. The van der Waals surface area contributed by atoms with Gasteiger partial charge in [-0.1, -0.05) is 66.2 Å². The predicted molar refractivity (Wildman–Crippen MR) is 161 cm³/mol. The third-order valence-corrected chi connectivity index (χ3v) is 7.59. The first-order valence-corrected chi connectivity index (χ1v) is 14.2.